The van der Waals surface area contributed by atoms with E-state index in [0.717, 1.165) is 25.2 Å². The fraction of sp³-hybridized carbons (Fsp3) is 0.857. The Morgan fingerprint density at radius 2 is 2.11 bits per heavy atom. The lowest BCUT2D eigenvalue weighted by Gasteiger charge is -2.42. The van der Waals surface area contributed by atoms with Crippen LogP contribution < -0.4 is 5.32 Å². The molecule has 1 heterocycles. The molecule has 4 unspecified atom stereocenters. The number of nitrogens with zero attached hydrogens (tertiary/aromatic N) is 1. The van der Waals surface area contributed by atoms with Crippen LogP contribution in [-0.2, 0) is 9.59 Å². The predicted octanol–water partition coefficient (Wildman–Crippen LogP) is 1.30. The first-order valence-corrected chi connectivity index (χ1v) is 7.29. The van der Waals surface area contributed by atoms with Gasteiger partial charge in [0.2, 0.25) is 11.8 Å². The maximum absolute atomic E-state index is 12.2. The van der Waals surface area contributed by atoms with Crippen molar-refractivity contribution in [3.63, 3.8) is 0 Å². The molecular weight excluding hydrogens is 228 g/mol. The molecule has 4 atom stereocenters. The number of fused-ring (bicyclic) bond motifs is 2. The second-order valence-electron chi connectivity index (χ2n) is 6.07. The Morgan fingerprint density at radius 3 is 2.72 bits per heavy atom. The standard InChI is InChI=1S/C14H22N2O2/c1-2-3-11-14(18)15-8-13(17)16(11)12-7-9-4-5-10(12)6-9/h9-12H,2-8H2,1H3,(H,15,18). The van der Waals surface area contributed by atoms with Gasteiger partial charge in [-0.25, -0.2) is 0 Å². The summed E-state index contributed by atoms with van der Waals surface area (Å²) in [7, 11) is 0. The number of carbonyl (C=O) groups excluding carboxylic acids is 2. The largest absolute Gasteiger partial charge is 0.345 e. The fourth-order valence-electron chi connectivity index (χ4n) is 4.18. The minimum atomic E-state index is -0.208. The molecule has 18 heavy (non-hydrogen) atoms. The lowest BCUT2D eigenvalue weighted by atomic mass is 9.91. The number of piperazine rings is 1. The van der Waals surface area contributed by atoms with E-state index in [1.807, 2.05) is 4.90 Å². The summed E-state index contributed by atoms with van der Waals surface area (Å²) in [5.74, 6) is 1.65. The minimum absolute atomic E-state index is 0.0548. The molecule has 1 aliphatic heterocycles. The monoisotopic (exact) mass is 250 g/mol. The molecule has 0 aromatic carbocycles. The minimum Gasteiger partial charge on any atom is -0.345 e. The highest BCUT2D eigenvalue weighted by atomic mass is 16.2. The lowest BCUT2D eigenvalue weighted by Crippen LogP contribution is -2.62. The number of hydrogen-bond donors (Lipinski definition) is 1. The Hall–Kier alpha value is -1.06. The average Bonchev–Trinajstić information content (AvgIpc) is 2.96. The molecule has 4 heteroatoms. The summed E-state index contributed by atoms with van der Waals surface area (Å²) < 4.78 is 0. The van der Waals surface area contributed by atoms with Gasteiger partial charge in [-0.15, -0.1) is 0 Å². The maximum atomic E-state index is 12.2. The van der Waals surface area contributed by atoms with E-state index in [1.54, 1.807) is 0 Å². The SMILES string of the molecule is CCCC1C(=O)NCC(=O)N1C1CC2CCC1C2. The Balaban J connectivity index is 1.81. The smallest absolute Gasteiger partial charge is 0.243 e. The van der Waals surface area contributed by atoms with Crippen LogP contribution in [0.4, 0.5) is 0 Å². The number of rotatable bonds is 3. The van der Waals surface area contributed by atoms with Crippen molar-refractivity contribution in [2.24, 2.45) is 11.8 Å². The van der Waals surface area contributed by atoms with Gasteiger partial charge in [-0.05, 0) is 37.5 Å². The van der Waals surface area contributed by atoms with Gasteiger partial charge in [-0.1, -0.05) is 19.8 Å². The molecule has 2 amide bonds. The summed E-state index contributed by atoms with van der Waals surface area (Å²) in [4.78, 5) is 26.1. The maximum Gasteiger partial charge on any atom is 0.243 e. The molecule has 0 spiro atoms. The van der Waals surface area contributed by atoms with Crippen molar-refractivity contribution in [2.75, 3.05) is 6.54 Å². The fourth-order valence-corrected chi connectivity index (χ4v) is 4.18. The van der Waals surface area contributed by atoms with E-state index in [4.69, 9.17) is 0 Å². The lowest BCUT2D eigenvalue weighted by molar-refractivity contribution is -0.149. The Morgan fingerprint density at radius 1 is 1.28 bits per heavy atom. The molecule has 1 saturated heterocycles. The van der Waals surface area contributed by atoms with Crippen LogP contribution in [0.2, 0.25) is 0 Å². The van der Waals surface area contributed by atoms with Crippen molar-refractivity contribution in [1.82, 2.24) is 10.2 Å². The number of hydrogen-bond acceptors (Lipinski definition) is 2. The Kier molecular flexibility index (Phi) is 3.04. The molecule has 2 saturated carbocycles. The first-order valence-electron chi connectivity index (χ1n) is 7.29. The topological polar surface area (TPSA) is 49.4 Å². The number of amides is 2. The van der Waals surface area contributed by atoms with Gasteiger partial charge in [-0.3, -0.25) is 9.59 Å². The average molecular weight is 250 g/mol. The van der Waals surface area contributed by atoms with E-state index in [2.05, 4.69) is 12.2 Å². The first kappa shape index (κ1) is 12.0. The van der Waals surface area contributed by atoms with Crippen LogP contribution in [0.3, 0.4) is 0 Å². The quantitative estimate of drug-likeness (QED) is 0.821. The summed E-state index contributed by atoms with van der Waals surface area (Å²) in [6.45, 7) is 2.28. The van der Waals surface area contributed by atoms with Gasteiger partial charge in [0.15, 0.2) is 0 Å². The van der Waals surface area contributed by atoms with E-state index in [0.29, 0.717) is 12.0 Å². The second-order valence-corrected chi connectivity index (χ2v) is 6.07. The van der Waals surface area contributed by atoms with E-state index >= 15 is 0 Å². The number of nitrogens with one attached hydrogen (secondary N) is 1. The van der Waals surface area contributed by atoms with Gasteiger partial charge in [0.25, 0.3) is 0 Å². The van der Waals surface area contributed by atoms with Crippen LogP contribution in [0.1, 0.15) is 45.4 Å². The van der Waals surface area contributed by atoms with Crippen molar-refractivity contribution >= 4 is 11.8 Å². The van der Waals surface area contributed by atoms with Gasteiger partial charge in [0, 0.05) is 6.04 Å². The Labute approximate surface area is 108 Å². The third kappa shape index (κ3) is 1.82. The highest BCUT2D eigenvalue weighted by Gasteiger charge is 2.47. The van der Waals surface area contributed by atoms with E-state index in [1.165, 1.54) is 19.3 Å². The highest BCUT2D eigenvalue weighted by Crippen LogP contribution is 2.47. The predicted molar refractivity (Wildman–Crippen MR) is 67.8 cm³/mol. The third-order valence-electron chi connectivity index (χ3n) is 4.96. The molecule has 1 N–H and O–H groups in total. The molecule has 2 bridgehead atoms. The molecule has 100 valence electrons. The molecule has 0 aromatic rings. The van der Waals surface area contributed by atoms with E-state index in [-0.39, 0.29) is 24.4 Å². The Bertz CT molecular complexity index is 369. The number of carbonyl (C=O) groups is 2. The zero-order valence-electron chi connectivity index (χ0n) is 11.0. The van der Waals surface area contributed by atoms with Crippen LogP contribution >= 0.6 is 0 Å². The molecule has 3 rings (SSSR count). The van der Waals surface area contributed by atoms with Crippen molar-refractivity contribution in [3.05, 3.63) is 0 Å². The summed E-state index contributed by atoms with van der Waals surface area (Å²) in [6.07, 6.45) is 6.72. The molecule has 0 radical (unpaired) electrons. The van der Waals surface area contributed by atoms with Gasteiger partial charge in [0.1, 0.15) is 6.04 Å². The van der Waals surface area contributed by atoms with Crippen LogP contribution in [-0.4, -0.2) is 35.3 Å². The molecule has 2 aliphatic carbocycles. The van der Waals surface area contributed by atoms with Crippen molar-refractivity contribution in [3.8, 4) is 0 Å². The molecule has 3 aliphatic rings. The summed E-state index contributed by atoms with van der Waals surface area (Å²) >= 11 is 0. The van der Waals surface area contributed by atoms with Crippen molar-refractivity contribution in [2.45, 2.75) is 57.5 Å². The van der Waals surface area contributed by atoms with Crippen LogP contribution in [0.25, 0.3) is 0 Å². The van der Waals surface area contributed by atoms with Gasteiger partial charge >= 0.3 is 0 Å². The van der Waals surface area contributed by atoms with E-state index in [9.17, 15) is 9.59 Å². The van der Waals surface area contributed by atoms with E-state index < -0.39 is 0 Å². The first-order chi connectivity index (χ1) is 8.70. The summed E-state index contributed by atoms with van der Waals surface area (Å²) in [5.41, 5.74) is 0. The van der Waals surface area contributed by atoms with Crippen LogP contribution in [0, 0.1) is 11.8 Å². The summed E-state index contributed by atoms with van der Waals surface area (Å²) in [5, 5.41) is 2.73. The second kappa shape index (κ2) is 4.56. The highest BCUT2D eigenvalue weighted by molar-refractivity contribution is 5.95. The van der Waals surface area contributed by atoms with Crippen LogP contribution in [0.5, 0.6) is 0 Å². The van der Waals surface area contributed by atoms with Gasteiger partial charge < -0.3 is 10.2 Å². The third-order valence-corrected chi connectivity index (χ3v) is 4.96. The van der Waals surface area contributed by atoms with Gasteiger partial charge in [-0.2, -0.15) is 0 Å². The van der Waals surface area contributed by atoms with Crippen molar-refractivity contribution in [1.29, 1.82) is 0 Å². The zero-order valence-corrected chi connectivity index (χ0v) is 11.0. The van der Waals surface area contributed by atoms with Crippen molar-refractivity contribution < 1.29 is 9.59 Å². The zero-order chi connectivity index (χ0) is 12.7. The molecule has 3 fully saturated rings. The van der Waals surface area contributed by atoms with Gasteiger partial charge in [0.05, 0.1) is 6.54 Å². The van der Waals surface area contributed by atoms with Crippen LogP contribution in [0.15, 0.2) is 0 Å². The normalized spacial score (nSPS) is 39.3. The molecule has 4 nitrogen and oxygen atoms in total. The summed E-state index contributed by atoms with van der Waals surface area (Å²) in [6, 6.07) is 0.138. The molecular formula is C14H22N2O2. The molecule has 0 aromatic heterocycles.